The second-order valence-corrected chi connectivity index (χ2v) is 9.49. The van der Waals surface area contributed by atoms with Crippen LogP contribution in [0.4, 0.5) is 5.69 Å². The van der Waals surface area contributed by atoms with E-state index in [0.717, 1.165) is 4.31 Å². The Morgan fingerprint density at radius 1 is 0.970 bits per heavy atom. The van der Waals surface area contributed by atoms with Crippen molar-refractivity contribution in [2.75, 3.05) is 37.2 Å². The maximum absolute atomic E-state index is 13.6. The van der Waals surface area contributed by atoms with Gasteiger partial charge in [0.1, 0.15) is 12.3 Å². The van der Waals surface area contributed by atoms with E-state index in [-0.39, 0.29) is 29.2 Å². The minimum atomic E-state index is -4.03. The van der Waals surface area contributed by atoms with Crippen LogP contribution in [0.15, 0.2) is 59.5 Å². The van der Waals surface area contributed by atoms with E-state index in [0.29, 0.717) is 50.6 Å². The molecule has 0 unspecified atom stereocenters. The van der Waals surface area contributed by atoms with Crippen molar-refractivity contribution < 1.29 is 27.5 Å². The molecule has 33 heavy (non-hydrogen) atoms. The maximum atomic E-state index is 13.6. The number of nitrogens with zero attached hydrogens (tertiary/aromatic N) is 2. The van der Waals surface area contributed by atoms with Gasteiger partial charge in [0.25, 0.3) is 10.0 Å². The van der Waals surface area contributed by atoms with E-state index in [1.807, 2.05) is 6.92 Å². The van der Waals surface area contributed by atoms with E-state index in [1.54, 1.807) is 54.3 Å². The predicted octanol–water partition coefficient (Wildman–Crippen LogP) is 3.08. The molecular weight excluding hydrogens is 444 g/mol. The maximum Gasteiger partial charge on any atom is 0.309 e. The van der Waals surface area contributed by atoms with E-state index in [4.69, 9.17) is 9.47 Å². The number of hydrogen-bond donors (Lipinski definition) is 0. The van der Waals surface area contributed by atoms with Gasteiger partial charge in [-0.05, 0) is 51.0 Å². The number of benzene rings is 2. The van der Waals surface area contributed by atoms with Crippen molar-refractivity contribution in [2.24, 2.45) is 5.92 Å². The van der Waals surface area contributed by atoms with Crippen molar-refractivity contribution in [3.63, 3.8) is 0 Å². The molecule has 0 aliphatic carbocycles. The lowest BCUT2D eigenvalue weighted by molar-refractivity contribution is -0.151. The molecule has 3 rings (SSSR count). The molecule has 0 radical (unpaired) electrons. The molecule has 1 saturated heterocycles. The SMILES string of the molecule is CCOC(=O)C1CCN(C(=O)CN(c2ccccc2OCC)S(=O)(=O)c2ccccc2)CC1. The zero-order valence-electron chi connectivity index (χ0n) is 19.0. The number of rotatable bonds is 9. The summed E-state index contributed by atoms with van der Waals surface area (Å²) >= 11 is 0. The van der Waals surface area contributed by atoms with Crippen molar-refractivity contribution in [1.82, 2.24) is 4.90 Å². The zero-order valence-corrected chi connectivity index (χ0v) is 19.8. The minimum absolute atomic E-state index is 0.0881. The van der Waals surface area contributed by atoms with Gasteiger partial charge in [-0.3, -0.25) is 13.9 Å². The fourth-order valence-electron chi connectivity index (χ4n) is 3.81. The number of likely N-dealkylation sites (tertiary alicyclic amines) is 1. The fraction of sp³-hybridized carbons (Fsp3) is 0.417. The zero-order chi connectivity index (χ0) is 23.8. The van der Waals surface area contributed by atoms with Gasteiger partial charge in [-0.2, -0.15) is 0 Å². The fourth-order valence-corrected chi connectivity index (χ4v) is 5.25. The molecular formula is C24H30N2O6S. The second kappa shape index (κ2) is 11.2. The van der Waals surface area contributed by atoms with Crippen molar-refractivity contribution >= 4 is 27.6 Å². The highest BCUT2D eigenvalue weighted by Crippen LogP contribution is 2.33. The molecule has 1 aliphatic rings. The summed E-state index contributed by atoms with van der Waals surface area (Å²) in [5, 5.41) is 0. The summed E-state index contributed by atoms with van der Waals surface area (Å²) < 4.78 is 39.0. The third-order valence-corrected chi connectivity index (χ3v) is 7.29. The largest absolute Gasteiger partial charge is 0.492 e. The van der Waals surface area contributed by atoms with Gasteiger partial charge >= 0.3 is 5.97 Å². The molecule has 1 amide bonds. The topological polar surface area (TPSA) is 93.2 Å². The van der Waals surface area contributed by atoms with Crippen LogP contribution in [0.5, 0.6) is 5.75 Å². The van der Waals surface area contributed by atoms with Gasteiger partial charge in [0.15, 0.2) is 0 Å². The first-order valence-corrected chi connectivity index (χ1v) is 12.6. The van der Waals surface area contributed by atoms with Gasteiger partial charge in [-0.15, -0.1) is 0 Å². The summed E-state index contributed by atoms with van der Waals surface area (Å²) in [6, 6.07) is 14.8. The third-order valence-electron chi connectivity index (χ3n) is 5.51. The average molecular weight is 475 g/mol. The lowest BCUT2D eigenvalue weighted by Crippen LogP contribution is -2.46. The number of para-hydroxylation sites is 2. The molecule has 8 nitrogen and oxygen atoms in total. The summed E-state index contributed by atoms with van der Waals surface area (Å²) in [4.78, 5) is 26.9. The summed E-state index contributed by atoms with van der Waals surface area (Å²) in [5.74, 6) is -0.434. The monoisotopic (exact) mass is 474 g/mol. The molecule has 0 aromatic heterocycles. The molecule has 1 heterocycles. The van der Waals surface area contributed by atoms with Gasteiger partial charge in [-0.1, -0.05) is 30.3 Å². The number of sulfonamides is 1. The van der Waals surface area contributed by atoms with Crippen LogP contribution in [-0.2, 0) is 24.3 Å². The van der Waals surface area contributed by atoms with Crippen LogP contribution in [0, 0.1) is 5.92 Å². The Morgan fingerprint density at radius 2 is 1.61 bits per heavy atom. The number of ether oxygens (including phenoxy) is 2. The summed E-state index contributed by atoms with van der Waals surface area (Å²) in [6.45, 7) is 4.62. The molecule has 178 valence electrons. The molecule has 2 aromatic rings. The lowest BCUT2D eigenvalue weighted by Gasteiger charge is -2.33. The number of esters is 1. The van der Waals surface area contributed by atoms with Gasteiger partial charge in [0, 0.05) is 13.1 Å². The molecule has 0 N–H and O–H groups in total. The number of carbonyl (C=O) groups excluding carboxylic acids is 2. The highest BCUT2D eigenvalue weighted by molar-refractivity contribution is 7.92. The molecule has 1 aliphatic heterocycles. The standard InChI is InChI=1S/C24H30N2O6S/c1-3-31-22-13-9-8-12-21(22)26(33(29,30)20-10-6-5-7-11-20)18-23(27)25-16-14-19(15-17-25)24(28)32-4-2/h5-13,19H,3-4,14-18H2,1-2H3. The molecule has 0 bridgehead atoms. The van der Waals surface area contributed by atoms with Gasteiger partial charge < -0.3 is 14.4 Å². The van der Waals surface area contributed by atoms with E-state index in [9.17, 15) is 18.0 Å². The van der Waals surface area contributed by atoms with Crippen LogP contribution in [-0.4, -0.2) is 58.0 Å². The van der Waals surface area contributed by atoms with Crippen LogP contribution >= 0.6 is 0 Å². The Balaban J connectivity index is 1.86. The molecule has 0 saturated carbocycles. The van der Waals surface area contributed by atoms with Crippen molar-refractivity contribution in [1.29, 1.82) is 0 Å². The van der Waals surface area contributed by atoms with E-state index in [1.165, 1.54) is 12.1 Å². The number of amides is 1. The van der Waals surface area contributed by atoms with E-state index < -0.39 is 10.0 Å². The van der Waals surface area contributed by atoms with Gasteiger partial charge in [0.05, 0.1) is 29.7 Å². The van der Waals surface area contributed by atoms with Crippen LogP contribution in [0.2, 0.25) is 0 Å². The number of piperidine rings is 1. The lowest BCUT2D eigenvalue weighted by atomic mass is 9.97. The summed E-state index contributed by atoms with van der Waals surface area (Å²) in [6.07, 6.45) is 0.983. The molecule has 2 aromatic carbocycles. The van der Waals surface area contributed by atoms with E-state index >= 15 is 0 Å². The molecule has 1 fully saturated rings. The van der Waals surface area contributed by atoms with Crippen molar-refractivity contribution in [3.05, 3.63) is 54.6 Å². The Labute approximate surface area is 195 Å². The van der Waals surface area contributed by atoms with Crippen LogP contribution in [0.25, 0.3) is 0 Å². The smallest absolute Gasteiger partial charge is 0.309 e. The Morgan fingerprint density at radius 3 is 2.24 bits per heavy atom. The van der Waals surface area contributed by atoms with E-state index in [2.05, 4.69) is 0 Å². The normalized spacial score (nSPS) is 14.5. The summed E-state index contributed by atoms with van der Waals surface area (Å²) in [7, 11) is -4.03. The summed E-state index contributed by atoms with van der Waals surface area (Å²) in [5.41, 5.74) is 0.304. The van der Waals surface area contributed by atoms with Crippen LogP contribution < -0.4 is 9.04 Å². The predicted molar refractivity (Wildman–Crippen MR) is 125 cm³/mol. The highest BCUT2D eigenvalue weighted by atomic mass is 32.2. The van der Waals surface area contributed by atoms with Gasteiger partial charge in [-0.25, -0.2) is 8.42 Å². The van der Waals surface area contributed by atoms with Crippen molar-refractivity contribution in [2.45, 2.75) is 31.6 Å². The first-order chi connectivity index (χ1) is 15.9. The van der Waals surface area contributed by atoms with Crippen molar-refractivity contribution in [3.8, 4) is 5.75 Å². The molecule has 9 heteroatoms. The minimum Gasteiger partial charge on any atom is -0.492 e. The van der Waals surface area contributed by atoms with Crippen LogP contribution in [0.3, 0.4) is 0 Å². The second-order valence-electron chi connectivity index (χ2n) is 7.63. The molecule has 0 atom stereocenters. The quantitative estimate of drug-likeness (QED) is 0.519. The Bertz CT molecular complexity index is 1050. The Kier molecular flexibility index (Phi) is 8.32. The highest BCUT2D eigenvalue weighted by Gasteiger charge is 2.33. The Hall–Kier alpha value is -3.07. The first-order valence-electron chi connectivity index (χ1n) is 11.1. The first kappa shape index (κ1) is 24.6. The number of anilines is 1. The van der Waals surface area contributed by atoms with Crippen LogP contribution in [0.1, 0.15) is 26.7 Å². The third kappa shape index (κ3) is 5.84. The van der Waals surface area contributed by atoms with Gasteiger partial charge in [0.2, 0.25) is 5.91 Å². The number of hydrogen-bond acceptors (Lipinski definition) is 6. The molecule has 0 spiro atoms. The average Bonchev–Trinajstić information content (AvgIpc) is 2.84. The number of carbonyl (C=O) groups is 2.